The number of carbonyl (C=O) groups excluding carboxylic acids is 1. The van der Waals surface area contributed by atoms with Gasteiger partial charge in [-0.15, -0.1) is 0 Å². The molecule has 0 aromatic heterocycles. The number of nitrogens with zero attached hydrogens (tertiary/aromatic N) is 4. The fourth-order valence-electron chi connectivity index (χ4n) is 4.23. The molecule has 7 nitrogen and oxygen atoms in total. The highest BCUT2D eigenvalue weighted by molar-refractivity contribution is 5.79. The van der Waals surface area contributed by atoms with Crippen molar-refractivity contribution in [2.75, 3.05) is 59.0 Å². The first-order valence-electron chi connectivity index (χ1n) is 10.3. The van der Waals surface area contributed by atoms with Gasteiger partial charge in [-0.25, -0.2) is 0 Å². The molecule has 148 valence electrons. The fourth-order valence-corrected chi connectivity index (χ4v) is 4.23. The van der Waals surface area contributed by atoms with E-state index in [1.807, 2.05) is 0 Å². The molecule has 26 heavy (non-hydrogen) atoms. The molecule has 7 heteroatoms. The van der Waals surface area contributed by atoms with Gasteiger partial charge in [0.15, 0.2) is 5.96 Å². The summed E-state index contributed by atoms with van der Waals surface area (Å²) in [6.45, 7) is 9.65. The summed E-state index contributed by atoms with van der Waals surface area (Å²) in [5.74, 6) is 1.31. The van der Waals surface area contributed by atoms with Crippen LogP contribution in [-0.2, 0) is 9.53 Å². The smallest absolute Gasteiger partial charge is 0.225 e. The molecule has 3 rings (SSSR count). The molecule has 1 amide bonds. The van der Waals surface area contributed by atoms with Crippen LogP contribution in [0.5, 0.6) is 0 Å². The summed E-state index contributed by atoms with van der Waals surface area (Å²) in [6.07, 6.45) is 6.13. The molecule has 1 saturated carbocycles. The van der Waals surface area contributed by atoms with E-state index in [9.17, 15) is 4.79 Å². The van der Waals surface area contributed by atoms with Crippen LogP contribution < -0.4 is 5.73 Å². The quantitative estimate of drug-likeness (QED) is 0.588. The van der Waals surface area contributed by atoms with Gasteiger partial charge >= 0.3 is 0 Å². The van der Waals surface area contributed by atoms with E-state index in [1.54, 1.807) is 0 Å². The zero-order valence-corrected chi connectivity index (χ0v) is 16.2. The minimum atomic E-state index is 0.215. The van der Waals surface area contributed by atoms with Gasteiger partial charge in [-0.05, 0) is 19.8 Å². The largest absolute Gasteiger partial charge is 0.375 e. The van der Waals surface area contributed by atoms with Gasteiger partial charge in [0.1, 0.15) is 0 Å². The Balaban J connectivity index is 1.36. The maximum Gasteiger partial charge on any atom is 0.225 e. The minimum absolute atomic E-state index is 0.215. The maximum absolute atomic E-state index is 12.6. The number of hydrogen-bond acceptors (Lipinski definition) is 4. The van der Waals surface area contributed by atoms with Crippen LogP contribution in [0.3, 0.4) is 0 Å². The van der Waals surface area contributed by atoms with Crippen LogP contribution in [0.1, 0.15) is 39.0 Å². The van der Waals surface area contributed by atoms with E-state index in [0.717, 1.165) is 58.7 Å². The molecule has 0 aromatic rings. The van der Waals surface area contributed by atoms with Crippen molar-refractivity contribution < 1.29 is 9.53 Å². The molecule has 0 aromatic carbocycles. The van der Waals surface area contributed by atoms with Crippen molar-refractivity contribution >= 4 is 11.9 Å². The Morgan fingerprint density at radius 1 is 1.08 bits per heavy atom. The summed E-state index contributed by atoms with van der Waals surface area (Å²) in [5.41, 5.74) is 6.12. The number of morpholine rings is 1. The van der Waals surface area contributed by atoms with E-state index in [0.29, 0.717) is 25.0 Å². The number of rotatable bonds is 4. The highest BCUT2D eigenvalue weighted by atomic mass is 16.5. The Bertz CT molecular complexity index is 484. The lowest BCUT2D eigenvalue weighted by Gasteiger charge is -2.37. The van der Waals surface area contributed by atoms with Crippen LogP contribution in [0.25, 0.3) is 0 Å². The third kappa shape index (κ3) is 5.33. The van der Waals surface area contributed by atoms with Gasteiger partial charge in [0.05, 0.1) is 19.3 Å². The average molecular weight is 366 g/mol. The molecule has 0 bridgehead atoms. The maximum atomic E-state index is 12.6. The Kier molecular flexibility index (Phi) is 7.14. The molecule has 3 aliphatic rings. The lowest BCUT2D eigenvalue weighted by Crippen LogP contribution is -2.51. The van der Waals surface area contributed by atoms with Crippen LogP contribution in [0.2, 0.25) is 0 Å². The highest BCUT2D eigenvalue weighted by Gasteiger charge is 2.28. The topological polar surface area (TPSA) is 74.4 Å². The van der Waals surface area contributed by atoms with Gasteiger partial charge in [0.25, 0.3) is 0 Å². The van der Waals surface area contributed by atoms with E-state index < -0.39 is 0 Å². The summed E-state index contributed by atoms with van der Waals surface area (Å²) < 4.78 is 5.54. The molecule has 0 spiro atoms. The first kappa shape index (κ1) is 19.4. The van der Waals surface area contributed by atoms with E-state index >= 15 is 0 Å². The second-order valence-electron chi connectivity index (χ2n) is 7.87. The third-order valence-electron chi connectivity index (χ3n) is 5.89. The minimum Gasteiger partial charge on any atom is -0.375 e. The molecule has 1 atom stereocenters. The van der Waals surface area contributed by atoms with Gasteiger partial charge in [-0.3, -0.25) is 14.7 Å². The number of nitrogens with two attached hydrogens (primary N) is 1. The van der Waals surface area contributed by atoms with Crippen LogP contribution in [0, 0.1) is 5.92 Å². The van der Waals surface area contributed by atoms with Gasteiger partial charge in [-0.2, -0.15) is 0 Å². The van der Waals surface area contributed by atoms with Crippen LogP contribution in [0.4, 0.5) is 0 Å². The zero-order valence-electron chi connectivity index (χ0n) is 16.2. The zero-order chi connectivity index (χ0) is 18.4. The van der Waals surface area contributed by atoms with E-state index in [1.165, 1.54) is 19.3 Å². The van der Waals surface area contributed by atoms with Crippen molar-refractivity contribution in [1.82, 2.24) is 14.7 Å². The number of ether oxygens (including phenoxy) is 1. The van der Waals surface area contributed by atoms with Crippen molar-refractivity contribution in [3.8, 4) is 0 Å². The standard InChI is InChI=1S/C19H35N5O2/c1-16-15-24(13-14-26-16)19(20)21-7-8-22-9-11-23(12-10-22)18(25)17-5-3-2-4-6-17/h16-17H,2-15H2,1H3,(H2,20,21). The summed E-state index contributed by atoms with van der Waals surface area (Å²) in [4.78, 5) is 23.7. The van der Waals surface area contributed by atoms with Crippen LogP contribution in [-0.4, -0.2) is 91.6 Å². The number of carbonyl (C=O) groups is 1. The highest BCUT2D eigenvalue weighted by Crippen LogP contribution is 2.25. The normalized spacial score (nSPS) is 27.0. The number of piperazine rings is 1. The van der Waals surface area contributed by atoms with Crippen LogP contribution >= 0.6 is 0 Å². The second-order valence-corrected chi connectivity index (χ2v) is 7.87. The monoisotopic (exact) mass is 365 g/mol. The molecule has 1 aliphatic carbocycles. The number of guanidine groups is 1. The summed E-state index contributed by atoms with van der Waals surface area (Å²) in [5, 5.41) is 0. The number of hydrogen-bond donors (Lipinski definition) is 1. The van der Waals surface area contributed by atoms with E-state index in [4.69, 9.17) is 10.5 Å². The molecule has 1 unspecified atom stereocenters. The predicted molar refractivity (Wildman–Crippen MR) is 103 cm³/mol. The Morgan fingerprint density at radius 3 is 2.50 bits per heavy atom. The Hall–Kier alpha value is -1.34. The molecule has 2 heterocycles. The molecular weight excluding hydrogens is 330 g/mol. The average Bonchev–Trinajstić information content (AvgIpc) is 2.68. The van der Waals surface area contributed by atoms with E-state index in [2.05, 4.69) is 26.6 Å². The first-order valence-corrected chi connectivity index (χ1v) is 10.3. The first-order chi connectivity index (χ1) is 12.6. The molecule has 0 radical (unpaired) electrons. The summed E-state index contributed by atoms with van der Waals surface area (Å²) >= 11 is 0. The van der Waals surface area contributed by atoms with Crippen molar-refractivity contribution in [3.63, 3.8) is 0 Å². The number of amides is 1. The lowest BCUT2D eigenvalue weighted by molar-refractivity contribution is -0.138. The van der Waals surface area contributed by atoms with Crippen molar-refractivity contribution in [1.29, 1.82) is 0 Å². The van der Waals surface area contributed by atoms with Crippen molar-refractivity contribution in [2.45, 2.75) is 45.1 Å². The van der Waals surface area contributed by atoms with Gasteiger partial charge < -0.3 is 20.3 Å². The second kappa shape index (κ2) is 9.55. The molecule has 2 saturated heterocycles. The summed E-state index contributed by atoms with van der Waals surface area (Å²) in [6, 6.07) is 0. The lowest BCUT2D eigenvalue weighted by atomic mass is 9.88. The van der Waals surface area contributed by atoms with Gasteiger partial charge in [0, 0.05) is 51.7 Å². The molecule has 2 N–H and O–H groups in total. The summed E-state index contributed by atoms with van der Waals surface area (Å²) in [7, 11) is 0. The van der Waals surface area contributed by atoms with E-state index in [-0.39, 0.29) is 12.0 Å². The third-order valence-corrected chi connectivity index (χ3v) is 5.89. The van der Waals surface area contributed by atoms with Crippen molar-refractivity contribution in [2.24, 2.45) is 16.6 Å². The van der Waals surface area contributed by atoms with Crippen LogP contribution in [0.15, 0.2) is 4.99 Å². The Labute approximate surface area is 157 Å². The molecule has 2 aliphatic heterocycles. The molecular formula is C19H35N5O2. The number of aliphatic imine (C=N–C) groups is 1. The molecule has 3 fully saturated rings. The fraction of sp³-hybridized carbons (Fsp3) is 0.895. The SMILES string of the molecule is CC1CN(C(N)=NCCN2CCN(C(=O)C3CCCCC3)CC2)CCO1. The van der Waals surface area contributed by atoms with Crippen molar-refractivity contribution in [3.05, 3.63) is 0 Å². The Morgan fingerprint density at radius 2 is 1.81 bits per heavy atom. The van der Waals surface area contributed by atoms with Gasteiger partial charge in [-0.1, -0.05) is 19.3 Å². The predicted octanol–water partition coefficient (Wildman–Crippen LogP) is 0.746. The van der Waals surface area contributed by atoms with Gasteiger partial charge in [0.2, 0.25) is 5.91 Å².